The number of aromatic nitrogens is 1. The maximum Gasteiger partial charge on any atom is 0.329 e. The molecule has 0 spiro atoms. The van der Waals surface area contributed by atoms with Gasteiger partial charge in [-0.1, -0.05) is 18.2 Å². The molecule has 166 valence electrons. The van der Waals surface area contributed by atoms with Gasteiger partial charge in [0.1, 0.15) is 5.75 Å². The Morgan fingerprint density at radius 1 is 0.969 bits per heavy atom. The second kappa shape index (κ2) is 9.96. The highest BCUT2D eigenvalue weighted by molar-refractivity contribution is 6.35. The molecule has 0 aliphatic rings. The quantitative estimate of drug-likeness (QED) is 0.355. The average Bonchev–Trinajstić information content (AvgIpc) is 3.07. The van der Waals surface area contributed by atoms with Gasteiger partial charge in [0.25, 0.3) is 0 Å². The maximum atomic E-state index is 12.0. The van der Waals surface area contributed by atoms with Crippen LogP contribution in [0.25, 0.3) is 5.69 Å². The first-order valence-corrected chi connectivity index (χ1v) is 10.3. The lowest BCUT2D eigenvalue weighted by atomic mass is 10.1. The number of hydrogen-bond acceptors (Lipinski definition) is 4. The monoisotopic (exact) mass is 432 g/mol. The summed E-state index contributed by atoms with van der Waals surface area (Å²) in [5.74, 6) is -0.847. The van der Waals surface area contributed by atoms with Crippen molar-refractivity contribution >= 4 is 18.0 Å². The number of ether oxygens (including phenoxy) is 1. The minimum Gasteiger partial charge on any atom is -0.497 e. The zero-order chi connectivity index (χ0) is 23.3. The molecule has 0 radical (unpaired) electrons. The van der Waals surface area contributed by atoms with Gasteiger partial charge in [0.05, 0.1) is 13.3 Å². The first kappa shape index (κ1) is 22.8. The molecule has 0 fully saturated rings. The van der Waals surface area contributed by atoms with Crippen LogP contribution in [-0.2, 0) is 16.1 Å². The van der Waals surface area contributed by atoms with Crippen LogP contribution < -0.4 is 15.5 Å². The molecule has 1 heterocycles. The molecule has 0 saturated heterocycles. The zero-order valence-corrected chi connectivity index (χ0v) is 19.0. The number of carbonyl (C=O) groups excluding carboxylic acids is 2. The van der Waals surface area contributed by atoms with E-state index in [9.17, 15) is 9.59 Å². The third kappa shape index (κ3) is 5.24. The van der Waals surface area contributed by atoms with Gasteiger partial charge < -0.3 is 14.6 Å². The third-order valence-corrected chi connectivity index (χ3v) is 5.41. The number of rotatable bonds is 6. The highest BCUT2D eigenvalue weighted by atomic mass is 16.5. The van der Waals surface area contributed by atoms with Gasteiger partial charge in [0.15, 0.2) is 0 Å². The number of hydrogen-bond donors (Lipinski definition) is 2. The van der Waals surface area contributed by atoms with E-state index in [1.807, 2.05) is 32.0 Å². The number of amides is 2. The molecular formula is C25H28N4O3. The van der Waals surface area contributed by atoms with E-state index in [4.69, 9.17) is 4.74 Å². The molecule has 3 aromatic rings. The van der Waals surface area contributed by atoms with Crippen LogP contribution in [0.5, 0.6) is 5.75 Å². The van der Waals surface area contributed by atoms with E-state index in [1.165, 1.54) is 11.1 Å². The highest BCUT2D eigenvalue weighted by Crippen LogP contribution is 2.21. The van der Waals surface area contributed by atoms with Gasteiger partial charge in [0, 0.05) is 29.2 Å². The fraction of sp³-hybridized carbons (Fsp3) is 0.240. The van der Waals surface area contributed by atoms with Gasteiger partial charge >= 0.3 is 11.8 Å². The topological polar surface area (TPSA) is 84.7 Å². The summed E-state index contributed by atoms with van der Waals surface area (Å²) in [6, 6.07) is 15.5. The first-order valence-electron chi connectivity index (χ1n) is 10.3. The number of nitrogens with one attached hydrogen (secondary N) is 2. The molecule has 7 nitrogen and oxygen atoms in total. The zero-order valence-electron chi connectivity index (χ0n) is 19.0. The Morgan fingerprint density at radius 3 is 2.34 bits per heavy atom. The standard InChI is InChI=1S/C25H28N4O3/c1-16-6-9-22(12-17(16)2)29-18(3)13-21(19(29)4)15-27-28-25(31)24(30)26-14-20-7-10-23(32-5)11-8-20/h6-13,15H,14H2,1-5H3,(H,26,30)(H,28,31)/b27-15-. The van der Waals surface area contributed by atoms with E-state index in [0.29, 0.717) is 0 Å². The van der Waals surface area contributed by atoms with Gasteiger partial charge in [0.2, 0.25) is 0 Å². The average molecular weight is 433 g/mol. The number of benzene rings is 2. The first-order chi connectivity index (χ1) is 15.3. The summed E-state index contributed by atoms with van der Waals surface area (Å²) < 4.78 is 7.23. The Bertz CT molecular complexity index is 1160. The lowest BCUT2D eigenvalue weighted by Gasteiger charge is -2.11. The SMILES string of the molecule is COc1ccc(CNC(=O)C(=O)N/N=C\c2cc(C)n(-c3ccc(C)c(C)c3)c2C)cc1. The van der Waals surface area contributed by atoms with Gasteiger partial charge in [-0.25, -0.2) is 5.43 Å². The van der Waals surface area contributed by atoms with Crippen LogP contribution in [0.15, 0.2) is 53.6 Å². The predicted octanol–water partition coefficient (Wildman–Crippen LogP) is 3.49. The van der Waals surface area contributed by atoms with Gasteiger partial charge in [-0.3, -0.25) is 9.59 Å². The highest BCUT2D eigenvalue weighted by Gasteiger charge is 2.13. The molecule has 0 bridgehead atoms. The summed E-state index contributed by atoms with van der Waals surface area (Å²) in [5, 5.41) is 6.54. The predicted molar refractivity (Wildman–Crippen MR) is 125 cm³/mol. The molecule has 32 heavy (non-hydrogen) atoms. The summed E-state index contributed by atoms with van der Waals surface area (Å²) in [6.45, 7) is 8.42. The van der Waals surface area contributed by atoms with Crippen molar-refractivity contribution in [3.05, 3.63) is 82.2 Å². The molecule has 0 unspecified atom stereocenters. The molecule has 2 N–H and O–H groups in total. The van der Waals surface area contributed by atoms with Crippen LogP contribution in [0.2, 0.25) is 0 Å². The summed E-state index contributed by atoms with van der Waals surface area (Å²) in [5.41, 5.74) is 9.58. The minimum atomic E-state index is -0.822. The number of carbonyl (C=O) groups is 2. The molecule has 7 heteroatoms. The smallest absolute Gasteiger partial charge is 0.329 e. The fourth-order valence-corrected chi connectivity index (χ4v) is 3.40. The summed E-state index contributed by atoms with van der Waals surface area (Å²) in [6.07, 6.45) is 1.55. The number of methoxy groups -OCH3 is 1. The van der Waals surface area contributed by atoms with E-state index in [0.717, 1.165) is 34.0 Å². The van der Waals surface area contributed by atoms with Crippen molar-refractivity contribution in [2.45, 2.75) is 34.2 Å². The number of hydrazone groups is 1. The molecule has 0 aliphatic carbocycles. The van der Waals surface area contributed by atoms with Crippen molar-refractivity contribution in [2.24, 2.45) is 5.10 Å². The molecule has 0 saturated carbocycles. The van der Waals surface area contributed by atoms with Crippen molar-refractivity contribution in [1.82, 2.24) is 15.3 Å². The van der Waals surface area contributed by atoms with Gasteiger partial charge in [-0.2, -0.15) is 5.10 Å². The normalized spacial score (nSPS) is 10.9. The van der Waals surface area contributed by atoms with E-state index < -0.39 is 11.8 Å². The van der Waals surface area contributed by atoms with E-state index in [-0.39, 0.29) is 6.54 Å². The number of nitrogens with zero attached hydrogens (tertiary/aromatic N) is 2. The van der Waals surface area contributed by atoms with Crippen molar-refractivity contribution in [1.29, 1.82) is 0 Å². The molecule has 1 aromatic heterocycles. The van der Waals surface area contributed by atoms with E-state index in [2.05, 4.69) is 52.5 Å². The van der Waals surface area contributed by atoms with Crippen molar-refractivity contribution in [2.75, 3.05) is 7.11 Å². The summed E-state index contributed by atoms with van der Waals surface area (Å²) in [4.78, 5) is 24.1. The maximum absolute atomic E-state index is 12.0. The lowest BCUT2D eigenvalue weighted by Crippen LogP contribution is -2.37. The molecule has 3 rings (SSSR count). The number of aryl methyl sites for hydroxylation is 3. The van der Waals surface area contributed by atoms with Crippen molar-refractivity contribution < 1.29 is 14.3 Å². The Balaban J connectivity index is 1.60. The Kier molecular flexibility index (Phi) is 7.10. The molecular weight excluding hydrogens is 404 g/mol. The van der Waals surface area contributed by atoms with Crippen LogP contribution in [0.1, 0.15) is 33.6 Å². The van der Waals surface area contributed by atoms with Gasteiger partial charge in [-0.15, -0.1) is 0 Å². The van der Waals surface area contributed by atoms with Crippen LogP contribution in [0.4, 0.5) is 0 Å². The molecule has 2 amide bonds. The molecule has 0 atom stereocenters. The largest absolute Gasteiger partial charge is 0.497 e. The Hall–Kier alpha value is -3.87. The third-order valence-electron chi connectivity index (χ3n) is 5.41. The van der Waals surface area contributed by atoms with Crippen LogP contribution in [-0.4, -0.2) is 29.7 Å². The van der Waals surface area contributed by atoms with E-state index in [1.54, 1.807) is 25.5 Å². The van der Waals surface area contributed by atoms with Crippen LogP contribution in [0.3, 0.4) is 0 Å². The van der Waals surface area contributed by atoms with Crippen LogP contribution in [0, 0.1) is 27.7 Å². The van der Waals surface area contributed by atoms with Crippen LogP contribution >= 0.6 is 0 Å². The summed E-state index contributed by atoms with van der Waals surface area (Å²) >= 11 is 0. The van der Waals surface area contributed by atoms with E-state index >= 15 is 0 Å². The van der Waals surface area contributed by atoms with Gasteiger partial charge in [-0.05, 0) is 74.7 Å². The Labute approximate surface area is 188 Å². The minimum absolute atomic E-state index is 0.233. The molecule has 0 aliphatic heterocycles. The Morgan fingerprint density at radius 2 is 1.69 bits per heavy atom. The fourth-order valence-electron chi connectivity index (χ4n) is 3.40. The lowest BCUT2D eigenvalue weighted by molar-refractivity contribution is -0.139. The summed E-state index contributed by atoms with van der Waals surface area (Å²) in [7, 11) is 1.59. The van der Waals surface area contributed by atoms with Crippen molar-refractivity contribution in [3.8, 4) is 11.4 Å². The second-order valence-electron chi connectivity index (χ2n) is 7.66. The molecule has 2 aromatic carbocycles. The second-order valence-corrected chi connectivity index (χ2v) is 7.66. The van der Waals surface area contributed by atoms with Crippen molar-refractivity contribution in [3.63, 3.8) is 0 Å².